The molecule has 1 N–H and O–H groups in total. The van der Waals surface area contributed by atoms with Gasteiger partial charge in [0, 0.05) is 12.1 Å². The molecule has 0 fully saturated rings. The smallest absolute Gasteiger partial charge is 0.164 e. The zero-order valence-electron chi connectivity index (χ0n) is 11.4. The van der Waals surface area contributed by atoms with Crippen LogP contribution in [0.4, 0.5) is 0 Å². The normalized spacial score (nSPS) is 12.0. The maximum atomic E-state index is 4.44. The van der Waals surface area contributed by atoms with E-state index in [0.717, 1.165) is 25.3 Å². The predicted molar refractivity (Wildman–Crippen MR) is 74.2 cm³/mol. The molecular weight excluding hydrogens is 232 g/mol. The Hall–Kier alpha value is -0.550. The molecule has 1 aromatic heterocycles. The van der Waals surface area contributed by atoms with Gasteiger partial charge in [-0.15, -0.1) is 0 Å². The highest BCUT2D eigenvalue weighted by Crippen LogP contribution is 2.03. The van der Waals surface area contributed by atoms with E-state index in [2.05, 4.69) is 43.1 Å². The Morgan fingerprint density at radius 3 is 2.82 bits per heavy atom. The quantitative estimate of drug-likeness (QED) is 0.760. The van der Waals surface area contributed by atoms with Gasteiger partial charge < -0.3 is 5.32 Å². The fraction of sp³-hybridized carbons (Fsp3) is 0.833. The summed E-state index contributed by atoms with van der Waals surface area (Å²) in [5.41, 5.74) is 0.114. The van der Waals surface area contributed by atoms with Crippen LogP contribution in [0.25, 0.3) is 0 Å². The van der Waals surface area contributed by atoms with Crippen LogP contribution in [0.2, 0.25) is 0 Å². The van der Waals surface area contributed by atoms with Gasteiger partial charge in [-0.3, -0.25) is 4.68 Å². The monoisotopic (exact) mass is 256 g/mol. The minimum atomic E-state index is 0.114. The number of hydrogen-bond donors (Lipinski definition) is 1. The lowest BCUT2D eigenvalue weighted by molar-refractivity contribution is 0.416. The lowest BCUT2D eigenvalue weighted by Crippen LogP contribution is -2.35. The van der Waals surface area contributed by atoms with Gasteiger partial charge in [0.05, 0.1) is 6.54 Å². The van der Waals surface area contributed by atoms with Gasteiger partial charge in [0.2, 0.25) is 0 Å². The maximum absolute atomic E-state index is 4.44. The second kappa shape index (κ2) is 7.01. The molecule has 98 valence electrons. The van der Waals surface area contributed by atoms with Crippen molar-refractivity contribution in [3.63, 3.8) is 0 Å². The van der Waals surface area contributed by atoms with Crippen molar-refractivity contribution in [1.29, 1.82) is 0 Å². The maximum Gasteiger partial charge on any atom is 0.164 e. The van der Waals surface area contributed by atoms with Gasteiger partial charge in [0.1, 0.15) is 6.33 Å². The van der Waals surface area contributed by atoms with E-state index in [-0.39, 0.29) is 5.54 Å². The Morgan fingerprint density at radius 1 is 1.41 bits per heavy atom. The first-order valence-electron chi connectivity index (χ1n) is 6.22. The highest BCUT2D eigenvalue weighted by molar-refractivity contribution is 7.99. The Kier molecular flexibility index (Phi) is 5.98. The Bertz CT molecular complexity index is 317. The number of nitrogens with zero attached hydrogens (tertiary/aromatic N) is 3. The Morgan fingerprint density at radius 2 is 2.18 bits per heavy atom. The van der Waals surface area contributed by atoms with Gasteiger partial charge in [0.25, 0.3) is 0 Å². The molecule has 17 heavy (non-hydrogen) atoms. The van der Waals surface area contributed by atoms with E-state index in [9.17, 15) is 0 Å². The van der Waals surface area contributed by atoms with Gasteiger partial charge in [-0.2, -0.15) is 16.9 Å². The molecule has 0 unspecified atom stereocenters. The van der Waals surface area contributed by atoms with Crippen molar-refractivity contribution in [2.45, 2.75) is 52.7 Å². The van der Waals surface area contributed by atoms with Gasteiger partial charge in [0.15, 0.2) is 5.82 Å². The highest BCUT2D eigenvalue weighted by atomic mass is 32.2. The molecule has 4 nitrogen and oxygen atoms in total. The van der Waals surface area contributed by atoms with Crippen LogP contribution in [0.3, 0.4) is 0 Å². The molecule has 0 spiro atoms. The first-order valence-corrected chi connectivity index (χ1v) is 7.38. The van der Waals surface area contributed by atoms with Crippen LogP contribution in [0.15, 0.2) is 6.33 Å². The average molecular weight is 256 g/mol. The minimum absolute atomic E-state index is 0.114. The van der Waals surface area contributed by atoms with Crippen LogP contribution in [0, 0.1) is 0 Å². The van der Waals surface area contributed by atoms with Crippen LogP contribution in [0.1, 0.15) is 39.9 Å². The number of aryl methyl sites for hydroxylation is 1. The van der Waals surface area contributed by atoms with Crippen molar-refractivity contribution in [3.8, 4) is 0 Å². The lowest BCUT2D eigenvalue weighted by Gasteiger charge is -2.19. The minimum Gasteiger partial charge on any atom is -0.305 e. The van der Waals surface area contributed by atoms with Crippen molar-refractivity contribution in [1.82, 2.24) is 20.1 Å². The van der Waals surface area contributed by atoms with Crippen LogP contribution < -0.4 is 5.32 Å². The van der Waals surface area contributed by atoms with Gasteiger partial charge in [-0.25, -0.2) is 4.98 Å². The fourth-order valence-electron chi connectivity index (χ4n) is 1.34. The van der Waals surface area contributed by atoms with Crippen molar-refractivity contribution >= 4 is 11.8 Å². The van der Waals surface area contributed by atoms with Crippen LogP contribution >= 0.6 is 11.8 Å². The zero-order valence-corrected chi connectivity index (χ0v) is 12.2. The summed E-state index contributed by atoms with van der Waals surface area (Å²) in [6.45, 7) is 10.3. The number of hydrogen-bond acceptors (Lipinski definition) is 4. The number of thioether (sulfide) groups is 1. The standard InChI is InChI=1S/C12H24N4S/c1-5-17-8-6-7-16-10-13-11(15-16)9-14-12(2,3)4/h10,14H,5-9H2,1-4H3. The Labute approximate surface area is 109 Å². The average Bonchev–Trinajstić information content (AvgIpc) is 2.69. The van der Waals surface area contributed by atoms with E-state index in [1.807, 2.05) is 22.8 Å². The summed E-state index contributed by atoms with van der Waals surface area (Å²) >= 11 is 1.97. The molecule has 1 heterocycles. The van der Waals surface area contributed by atoms with Gasteiger partial charge in [-0.1, -0.05) is 6.92 Å². The van der Waals surface area contributed by atoms with E-state index >= 15 is 0 Å². The first-order chi connectivity index (χ1) is 8.01. The molecule has 0 atom stereocenters. The van der Waals surface area contributed by atoms with Gasteiger partial charge in [-0.05, 0) is 38.7 Å². The number of aromatic nitrogens is 3. The van der Waals surface area contributed by atoms with Crippen LogP contribution in [-0.4, -0.2) is 31.8 Å². The van der Waals surface area contributed by atoms with Gasteiger partial charge >= 0.3 is 0 Å². The van der Waals surface area contributed by atoms with Crippen molar-refractivity contribution in [2.24, 2.45) is 0 Å². The summed E-state index contributed by atoms with van der Waals surface area (Å²) in [6, 6.07) is 0. The second-order valence-electron chi connectivity index (χ2n) is 5.08. The molecule has 0 bridgehead atoms. The summed E-state index contributed by atoms with van der Waals surface area (Å²) < 4.78 is 1.94. The van der Waals surface area contributed by atoms with Crippen LogP contribution in [0.5, 0.6) is 0 Å². The van der Waals surface area contributed by atoms with E-state index < -0.39 is 0 Å². The second-order valence-corrected chi connectivity index (χ2v) is 6.47. The zero-order chi connectivity index (χ0) is 12.7. The van der Waals surface area contributed by atoms with Crippen molar-refractivity contribution in [3.05, 3.63) is 12.2 Å². The van der Waals surface area contributed by atoms with Crippen molar-refractivity contribution in [2.75, 3.05) is 11.5 Å². The number of rotatable bonds is 7. The molecule has 0 amide bonds. The molecule has 5 heteroatoms. The van der Waals surface area contributed by atoms with E-state index in [0.29, 0.717) is 0 Å². The molecule has 1 rings (SSSR count). The molecule has 0 saturated heterocycles. The molecular formula is C12H24N4S. The highest BCUT2D eigenvalue weighted by Gasteiger charge is 2.10. The topological polar surface area (TPSA) is 42.7 Å². The third-order valence-electron chi connectivity index (χ3n) is 2.24. The molecule has 0 aliphatic heterocycles. The van der Waals surface area contributed by atoms with E-state index in [4.69, 9.17) is 0 Å². The Balaban J connectivity index is 2.28. The SMILES string of the molecule is CCSCCCn1cnc(CNC(C)(C)C)n1. The molecule has 0 aromatic carbocycles. The van der Waals surface area contributed by atoms with E-state index in [1.165, 1.54) is 11.5 Å². The first kappa shape index (κ1) is 14.5. The summed E-state index contributed by atoms with van der Waals surface area (Å²) in [6.07, 6.45) is 2.99. The molecule has 0 radical (unpaired) electrons. The number of nitrogens with one attached hydrogen (secondary N) is 1. The van der Waals surface area contributed by atoms with E-state index in [1.54, 1.807) is 0 Å². The third kappa shape index (κ3) is 6.68. The van der Waals surface area contributed by atoms with Crippen molar-refractivity contribution < 1.29 is 0 Å². The summed E-state index contributed by atoms with van der Waals surface area (Å²) in [7, 11) is 0. The lowest BCUT2D eigenvalue weighted by atomic mass is 10.1. The molecule has 1 aromatic rings. The molecule has 0 aliphatic carbocycles. The summed E-state index contributed by atoms with van der Waals surface area (Å²) in [5, 5.41) is 7.83. The summed E-state index contributed by atoms with van der Waals surface area (Å²) in [5.74, 6) is 3.27. The third-order valence-corrected chi connectivity index (χ3v) is 3.23. The fourth-order valence-corrected chi connectivity index (χ4v) is 1.96. The van der Waals surface area contributed by atoms with Crippen LogP contribution in [-0.2, 0) is 13.1 Å². The molecule has 0 saturated carbocycles. The predicted octanol–water partition coefficient (Wildman–Crippen LogP) is 2.31. The largest absolute Gasteiger partial charge is 0.305 e. The molecule has 0 aliphatic rings. The summed E-state index contributed by atoms with van der Waals surface area (Å²) in [4.78, 5) is 4.30.